The third-order valence-electron chi connectivity index (χ3n) is 1.06. The average Bonchev–Trinajstić information content (AvgIpc) is 1.69. The zero-order chi connectivity index (χ0) is 5.11. The first-order valence-electron chi connectivity index (χ1n) is 2.63. The van der Waals surface area contributed by atoms with Crippen molar-refractivity contribution in [2.24, 2.45) is 5.92 Å². The monoisotopic (exact) mass is 96.1 g/mol. The first-order chi connectivity index (χ1) is 3.39. The lowest BCUT2D eigenvalue weighted by Gasteiger charge is -2.10. The van der Waals surface area contributed by atoms with Crippen molar-refractivity contribution < 1.29 is 0 Å². The molecular weight excluding hydrogens is 86.1 g/mol. The van der Waals surface area contributed by atoms with Gasteiger partial charge in [-0.2, -0.15) is 0 Å². The third kappa shape index (κ3) is 1.32. The van der Waals surface area contributed by atoms with Crippen molar-refractivity contribution in [2.75, 3.05) is 6.54 Å². The van der Waals surface area contributed by atoms with Crippen molar-refractivity contribution in [1.29, 1.82) is 0 Å². The van der Waals surface area contributed by atoms with Gasteiger partial charge in [-0.1, -0.05) is 19.1 Å². The molecule has 0 fully saturated rings. The van der Waals surface area contributed by atoms with Gasteiger partial charge in [0.25, 0.3) is 0 Å². The number of rotatable bonds is 0. The molecule has 0 aliphatic carbocycles. The van der Waals surface area contributed by atoms with Crippen LogP contribution in [0.2, 0.25) is 0 Å². The van der Waals surface area contributed by atoms with Crippen LogP contribution in [0.15, 0.2) is 12.2 Å². The Bertz CT molecular complexity index is 76.2. The lowest BCUT2D eigenvalue weighted by atomic mass is 10.1. The molecule has 7 heavy (non-hydrogen) atoms. The van der Waals surface area contributed by atoms with Gasteiger partial charge in [-0.15, -0.1) is 0 Å². The van der Waals surface area contributed by atoms with Crippen LogP contribution in [-0.4, -0.2) is 6.54 Å². The first-order valence-corrected chi connectivity index (χ1v) is 2.63. The lowest BCUT2D eigenvalue weighted by Crippen LogP contribution is -2.17. The number of nitrogens with one attached hydrogen (secondary N) is 1. The third-order valence-corrected chi connectivity index (χ3v) is 1.06. The van der Waals surface area contributed by atoms with Gasteiger partial charge in [-0.05, 0) is 5.92 Å². The molecule has 0 amide bonds. The van der Waals surface area contributed by atoms with Crippen LogP contribution in [-0.2, 0) is 0 Å². The minimum atomic E-state index is 0.619. The van der Waals surface area contributed by atoms with Crippen molar-refractivity contribution in [3.05, 3.63) is 18.7 Å². The molecule has 0 spiro atoms. The molecule has 0 saturated carbocycles. The summed E-state index contributed by atoms with van der Waals surface area (Å²) >= 11 is 0. The standard InChI is InChI=1S/C6H10N/c1-6-3-2-4-7-5-6/h2-3,5-7H,4H2,1H3. The van der Waals surface area contributed by atoms with Gasteiger partial charge >= 0.3 is 0 Å². The van der Waals surface area contributed by atoms with E-state index in [0.717, 1.165) is 6.54 Å². The van der Waals surface area contributed by atoms with Gasteiger partial charge in [-0.25, -0.2) is 0 Å². The van der Waals surface area contributed by atoms with Crippen molar-refractivity contribution >= 4 is 0 Å². The summed E-state index contributed by atoms with van der Waals surface area (Å²) in [4.78, 5) is 0. The van der Waals surface area contributed by atoms with Crippen LogP contribution in [0.3, 0.4) is 0 Å². The molecule has 1 radical (unpaired) electrons. The van der Waals surface area contributed by atoms with Crippen LogP contribution in [0.25, 0.3) is 0 Å². The molecule has 1 unspecified atom stereocenters. The van der Waals surface area contributed by atoms with E-state index in [4.69, 9.17) is 0 Å². The summed E-state index contributed by atoms with van der Waals surface area (Å²) < 4.78 is 0. The smallest absolute Gasteiger partial charge is 0.0289 e. The van der Waals surface area contributed by atoms with Crippen LogP contribution >= 0.6 is 0 Å². The van der Waals surface area contributed by atoms with E-state index in [1.165, 1.54) is 0 Å². The average molecular weight is 96.2 g/mol. The molecule has 39 valence electrons. The first kappa shape index (κ1) is 4.85. The molecule has 1 rings (SSSR count). The molecule has 0 aromatic heterocycles. The minimum absolute atomic E-state index is 0.619. The van der Waals surface area contributed by atoms with Gasteiger partial charge in [0.1, 0.15) is 0 Å². The Morgan fingerprint density at radius 2 is 2.57 bits per heavy atom. The van der Waals surface area contributed by atoms with Crippen LogP contribution in [0.1, 0.15) is 6.92 Å². The van der Waals surface area contributed by atoms with Crippen molar-refractivity contribution in [1.82, 2.24) is 5.32 Å². The molecule has 1 atom stereocenters. The molecule has 0 aromatic rings. The van der Waals surface area contributed by atoms with Crippen molar-refractivity contribution in [3.8, 4) is 0 Å². The highest BCUT2D eigenvalue weighted by Gasteiger charge is 1.98. The summed E-state index contributed by atoms with van der Waals surface area (Å²) in [7, 11) is 0. The highest BCUT2D eigenvalue weighted by Crippen LogP contribution is 2.01. The van der Waals surface area contributed by atoms with Crippen LogP contribution in [0.4, 0.5) is 0 Å². The molecule has 0 aromatic carbocycles. The summed E-state index contributed by atoms with van der Waals surface area (Å²) in [5.41, 5.74) is 0. The topological polar surface area (TPSA) is 12.0 Å². The Labute approximate surface area is 44.4 Å². The molecule has 1 heteroatoms. The van der Waals surface area contributed by atoms with E-state index in [1.807, 2.05) is 0 Å². The Morgan fingerprint density at radius 3 is 2.86 bits per heavy atom. The molecule has 1 aliphatic rings. The molecule has 1 aliphatic heterocycles. The molecular formula is C6H10N. The molecule has 0 bridgehead atoms. The number of hydrogen-bond donors (Lipinski definition) is 1. The van der Waals surface area contributed by atoms with Gasteiger partial charge in [0.05, 0.1) is 0 Å². The molecule has 1 N–H and O–H groups in total. The lowest BCUT2D eigenvalue weighted by molar-refractivity contribution is 0.695. The van der Waals surface area contributed by atoms with Gasteiger partial charge in [-0.3, -0.25) is 0 Å². The van der Waals surface area contributed by atoms with E-state index in [9.17, 15) is 0 Å². The van der Waals surface area contributed by atoms with Gasteiger partial charge in [0, 0.05) is 13.1 Å². The summed E-state index contributed by atoms with van der Waals surface area (Å²) in [6.07, 6.45) is 4.33. The molecule has 1 nitrogen and oxygen atoms in total. The predicted octanol–water partition coefficient (Wildman–Crippen LogP) is 0.944. The van der Waals surface area contributed by atoms with E-state index in [0.29, 0.717) is 5.92 Å². The van der Waals surface area contributed by atoms with Crippen LogP contribution in [0, 0.1) is 12.5 Å². The Hall–Kier alpha value is -0.300. The second-order valence-corrected chi connectivity index (χ2v) is 1.86. The Balaban J connectivity index is 2.36. The fourth-order valence-corrected chi connectivity index (χ4v) is 0.660. The Kier molecular flexibility index (Phi) is 1.47. The van der Waals surface area contributed by atoms with E-state index in [1.54, 1.807) is 0 Å². The molecule has 1 heterocycles. The van der Waals surface area contributed by atoms with E-state index < -0.39 is 0 Å². The zero-order valence-corrected chi connectivity index (χ0v) is 4.52. The van der Waals surface area contributed by atoms with Gasteiger partial charge < -0.3 is 5.32 Å². The normalized spacial score (nSPS) is 30.7. The Morgan fingerprint density at radius 1 is 1.71 bits per heavy atom. The highest BCUT2D eigenvalue weighted by molar-refractivity contribution is 4.98. The summed E-state index contributed by atoms with van der Waals surface area (Å²) in [5.74, 6) is 0.619. The predicted molar refractivity (Wildman–Crippen MR) is 30.6 cm³/mol. The maximum Gasteiger partial charge on any atom is 0.0289 e. The molecule has 0 saturated heterocycles. The van der Waals surface area contributed by atoms with Crippen molar-refractivity contribution in [3.63, 3.8) is 0 Å². The fraction of sp³-hybridized carbons (Fsp3) is 0.500. The van der Waals surface area contributed by atoms with E-state index in [2.05, 4.69) is 30.9 Å². The summed E-state index contributed by atoms with van der Waals surface area (Å²) in [6.45, 7) is 5.26. The van der Waals surface area contributed by atoms with Gasteiger partial charge in [0.15, 0.2) is 0 Å². The summed E-state index contributed by atoms with van der Waals surface area (Å²) in [5, 5.41) is 3.12. The quantitative estimate of drug-likeness (QED) is 0.442. The van der Waals surface area contributed by atoms with E-state index >= 15 is 0 Å². The van der Waals surface area contributed by atoms with Crippen LogP contribution in [0.5, 0.6) is 0 Å². The van der Waals surface area contributed by atoms with Crippen LogP contribution < -0.4 is 5.32 Å². The maximum atomic E-state index is 3.12. The minimum Gasteiger partial charge on any atom is -0.308 e. The zero-order valence-electron chi connectivity index (χ0n) is 4.52. The second kappa shape index (κ2) is 2.12. The largest absolute Gasteiger partial charge is 0.308 e. The van der Waals surface area contributed by atoms with Gasteiger partial charge in [0.2, 0.25) is 0 Å². The van der Waals surface area contributed by atoms with Crippen molar-refractivity contribution in [2.45, 2.75) is 6.92 Å². The maximum absolute atomic E-state index is 3.12. The van der Waals surface area contributed by atoms with E-state index in [-0.39, 0.29) is 0 Å². The summed E-state index contributed by atoms with van der Waals surface area (Å²) in [6, 6.07) is 0. The highest BCUT2D eigenvalue weighted by atomic mass is 14.9. The fourth-order valence-electron chi connectivity index (χ4n) is 0.660. The second-order valence-electron chi connectivity index (χ2n) is 1.86. The SMILES string of the molecule is CC1[CH]NCC=C1. The number of hydrogen-bond acceptors (Lipinski definition) is 1.